The van der Waals surface area contributed by atoms with E-state index >= 15 is 0 Å². The molecule has 33 nitrogen and oxygen atoms in total. The zero-order chi connectivity index (χ0) is 90.7. The average Bonchev–Trinajstić information content (AvgIpc) is 0.806. The van der Waals surface area contributed by atoms with Crippen LogP contribution in [-0.4, -0.2) is 207 Å². The Balaban J connectivity index is 6.87. The summed E-state index contributed by atoms with van der Waals surface area (Å²) in [6.07, 6.45) is 1.26. The third-order valence-corrected chi connectivity index (χ3v) is 20.5. The first-order valence-electron chi connectivity index (χ1n) is 40.5. The van der Waals surface area contributed by atoms with E-state index in [0.29, 0.717) is 29.7 Å². The van der Waals surface area contributed by atoms with E-state index in [1.54, 1.807) is 111 Å². The Labute approximate surface area is 688 Å². The second kappa shape index (κ2) is 47.4. The first-order chi connectivity index (χ1) is 53.1. The number of ketones is 1. The minimum absolute atomic E-state index is 0.0137. The minimum atomic E-state index is -2.15. The van der Waals surface area contributed by atoms with Crippen LogP contribution in [0, 0.1) is 46.8 Å². The maximum Gasteiger partial charge on any atom is 0.268 e. The molecule has 17 N–H and O–H groups in total. The van der Waals surface area contributed by atoms with Gasteiger partial charge in [0, 0.05) is 18.5 Å². The van der Waals surface area contributed by atoms with Crippen molar-refractivity contribution in [1.29, 1.82) is 0 Å². The first kappa shape index (κ1) is 107. The number of hydrogen-bond donors (Lipinski definition) is 17. The van der Waals surface area contributed by atoms with E-state index in [9.17, 15) is 87.2 Å². The van der Waals surface area contributed by atoms with Crippen molar-refractivity contribution in [2.45, 2.75) is 317 Å². The van der Waals surface area contributed by atoms with Crippen LogP contribution in [0.4, 0.5) is 0 Å². The van der Waals surface area contributed by atoms with Crippen molar-refractivity contribution in [3.05, 3.63) is 45.1 Å². The summed E-state index contributed by atoms with van der Waals surface area (Å²) in [7, 11) is 3.75. The van der Waals surface area contributed by atoms with Gasteiger partial charge >= 0.3 is 0 Å². The van der Waals surface area contributed by atoms with Crippen LogP contribution >= 0.6 is 0 Å². The van der Waals surface area contributed by atoms with E-state index < -0.39 is 189 Å². The quantitative estimate of drug-likeness (QED) is 0.0306. The van der Waals surface area contributed by atoms with Crippen molar-refractivity contribution in [1.82, 2.24) is 79.3 Å². The first-order valence-corrected chi connectivity index (χ1v) is 40.5. The summed E-state index contributed by atoms with van der Waals surface area (Å²) in [5.41, 5.74) is -7.34. The van der Waals surface area contributed by atoms with Crippen molar-refractivity contribution in [3.8, 4) is 0 Å². The lowest BCUT2D eigenvalue weighted by molar-refractivity contribution is -0.147. The molecule has 0 aliphatic heterocycles. The summed E-state index contributed by atoms with van der Waals surface area (Å²) in [6, 6.07) is -12.6. The van der Waals surface area contributed by atoms with Crippen LogP contribution in [0.2, 0.25) is 0 Å². The molecule has 660 valence electrons. The predicted molar refractivity (Wildman–Crippen MR) is 444 cm³/mol. The normalized spacial score (nSPS) is 16.0. The Morgan fingerprint density at radius 2 is 0.767 bits per heavy atom. The predicted octanol–water partition coefficient (Wildman–Crippen LogP) is 3.51. The molecule has 0 aromatic rings. The van der Waals surface area contributed by atoms with Gasteiger partial charge in [0.25, 0.3) is 23.6 Å². The number of Topliss-reactive ketones (excluding diaryl/α,β-unsaturated/α-hetero) is 1. The maximum absolute atomic E-state index is 14.6. The van der Waals surface area contributed by atoms with E-state index in [1.165, 1.54) is 69.2 Å². The molecule has 0 saturated carbocycles. The monoisotopic (exact) mass is 1640 g/mol. The standard InChI is InChI=1S/C83H145N15O18/c1-33-47(18)59(93-78(112)65(83(30,116)37-5)97-79(113)80(24,25)66(100)51(22)38-41(6)7)68(102)84-39-54(99)87-60(48(19)34-2)74(108)91-58(46(16)17)72(106)92-62(50(21)36-4)75(109)95-64(82(28,29)115)77(111)96-63(81(26,27)114)76(110)94-61(49(20)35-3)73(107)85-52(23)67(101)88-56(44(12)13)70(104)90-57(45(14)15)71(105)89-55(43(10)11)69(103)86-53(42(8)9)40-98(31)32/h41-42,44-46,50-53,56-58,62-65,114-116H,33-40H2,1-32H3,(H,84,102)(H,85,107)(H,86,103)(H,87,99)(H,88,101)(H,89,105)(H,90,104)(H,91,108)(H,92,106)(H,93,112)(H,94,110)(H,95,109)(H,96,111)(H,97,113)/b59-47-,60-48+,61-49-/t50-,51-,52+,53+,56+,57-,58+,62+,63+,64-,65+,83+/m0/s1. The summed E-state index contributed by atoms with van der Waals surface area (Å²) >= 11 is 0. The number of allylic oxidation sites excluding steroid dienone is 4. The van der Waals surface area contributed by atoms with Gasteiger partial charge in [-0.1, -0.05) is 124 Å². The maximum atomic E-state index is 14.6. The smallest absolute Gasteiger partial charge is 0.268 e. The van der Waals surface area contributed by atoms with Crippen molar-refractivity contribution >= 4 is 88.5 Å². The van der Waals surface area contributed by atoms with Gasteiger partial charge in [-0.3, -0.25) is 71.9 Å². The number of carbonyl (C=O) groups is 15. The lowest BCUT2D eigenvalue weighted by atomic mass is 9.78. The number of amides is 14. The summed E-state index contributed by atoms with van der Waals surface area (Å²) in [4.78, 5) is 213. The van der Waals surface area contributed by atoms with Crippen LogP contribution in [0.25, 0.3) is 0 Å². The fourth-order valence-corrected chi connectivity index (χ4v) is 11.9. The lowest BCUT2D eigenvalue weighted by Crippen LogP contribution is -2.66. The van der Waals surface area contributed by atoms with Crippen molar-refractivity contribution < 1.29 is 87.2 Å². The lowest BCUT2D eigenvalue weighted by Gasteiger charge is -2.35. The molecule has 0 spiro atoms. The largest absolute Gasteiger partial charge is 0.388 e. The van der Waals surface area contributed by atoms with Crippen LogP contribution in [0.1, 0.15) is 246 Å². The minimum Gasteiger partial charge on any atom is -0.388 e. The van der Waals surface area contributed by atoms with E-state index in [4.69, 9.17) is 0 Å². The second-order valence-electron chi connectivity index (χ2n) is 34.7. The van der Waals surface area contributed by atoms with Gasteiger partial charge in [-0.05, 0) is 194 Å². The Bertz CT molecular complexity index is 3630. The summed E-state index contributed by atoms with van der Waals surface area (Å²) in [5.74, 6) is -15.9. The van der Waals surface area contributed by atoms with Gasteiger partial charge in [0.15, 0.2) is 5.78 Å². The number of nitrogens with one attached hydrogen (secondary N) is 14. The summed E-state index contributed by atoms with van der Waals surface area (Å²) in [6.45, 7) is 47.2. The highest BCUT2D eigenvalue weighted by Gasteiger charge is 2.47. The molecule has 116 heavy (non-hydrogen) atoms. The zero-order valence-electron chi connectivity index (χ0n) is 75.3. The Hall–Kier alpha value is -8.95. The molecule has 0 bridgehead atoms. The molecule has 14 amide bonds. The number of rotatable bonds is 47. The topological polar surface area (TPSA) is 488 Å². The molecular formula is C83H145N15O18. The van der Waals surface area contributed by atoms with Crippen LogP contribution in [0.15, 0.2) is 45.1 Å². The molecule has 0 saturated heterocycles. The summed E-state index contributed by atoms with van der Waals surface area (Å²) < 4.78 is 0. The number of nitrogens with zero attached hydrogens (tertiary/aromatic N) is 1. The third-order valence-electron chi connectivity index (χ3n) is 20.5. The molecule has 0 rings (SSSR count). The van der Waals surface area contributed by atoms with Crippen molar-refractivity contribution in [2.75, 3.05) is 27.2 Å². The van der Waals surface area contributed by atoms with Gasteiger partial charge in [-0.25, -0.2) is 0 Å². The highest BCUT2D eigenvalue weighted by Crippen LogP contribution is 2.28. The molecular weight excluding hydrogens is 1490 g/mol. The Kier molecular flexibility index (Phi) is 43.8. The zero-order valence-corrected chi connectivity index (χ0v) is 75.3. The molecule has 0 heterocycles. The highest BCUT2D eigenvalue weighted by atomic mass is 16.3. The SMILES string of the molecule is CC/C(C)=C(\NC(=O)[C@@H](NC(=O)[C@H](NC(=O)[C@H](NC(=O)[C@H](NC(=O)/C(NC(=O)CNC(=O)/C(NC(=O)[C@@H](NC(=O)C(C)(C)C(=O)[C@@H](C)CC(C)C)[C@](C)(O)CC)=C(\C)CC)=C(/C)CC)C(C)C)[C@@H](C)CC)C(C)(C)O)C(C)(C)O)C(=O)N[C@H](C)C(=O)N[C@@H](C(=O)N[C@H](C(=O)NC(C(=O)N[C@H](CN(C)C)C(C)C)=C(C)C)C(C)C)C(C)C. The Morgan fingerprint density at radius 3 is 1.18 bits per heavy atom. The number of aliphatic hydroxyl groups is 3. The van der Waals surface area contributed by atoms with Gasteiger partial charge in [0.2, 0.25) is 59.1 Å². The van der Waals surface area contributed by atoms with E-state index in [0.717, 1.165) is 0 Å². The Morgan fingerprint density at radius 1 is 0.388 bits per heavy atom. The number of hydrogen-bond acceptors (Lipinski definition) is 19. The van der Waals surface area contributed by atoms with E-state index in [-0.39, 0.29) is 84.1 Å². The third kappa shape index (κ3) is 33.2. The molecule has 33 heteroatoms. The van der Waals surface area contributed by atoms with Gasteiger partial charge in [-0.2, -0.15) is 0 Å². The van der Waals surface area contributed by atoms with Crippen molar-refractivity contribution in [2.24, 2.45) is 46.8 Å². The van der Waals surface area contributed by atoms with E-state index in [1.807, 2.05) is 46.7 Å². The van der Waals surface area contributed by atoms with E-state index in [2.05, 4.69) is 74.4 Å². The molecule has 0 aromatic heterocycles. The summed E-state index contributed by atoms with van der Waals surface area (Å²) in [5, 5.41) is 70.8. The highest BCUT2D eigenvalue weighted by molar-refractivity contribution is 6.09. The van der Waals surface area contributed by atoms with Crippen LogP contribution < -0.4 is 74.4 Å². The molecule has 0 fully saturated rings. The van der Waals surface area contributed by atoms with Crippen LogP contribution in [-0.2, 0) is 71.9 Å². The number of carbonyl (C=O) groups excluding carboxylic acids is 15. The molecule has 0 aromatic carbocycles. The fourth-order valence-electron chi connectivity index (χ4n) is 11.9. The molecule has 0 aliphatic carbocycles. The number of likely N-dealkylation sites (N-methyl/N-ethyl adjacent to an activating group) is 1. The van der Waals surface area contributed by atoms with Gasteiger partial charge in [0.1, 0.15) is 76.5 Å². The molecule has 0 radical (unpaired) electrons. The molecule has 0 aliphatic rings. The van der Waals surface area contributed by atoms with Gasteiger partial charge < -0.3 is 94.7 Å². The van der Waals surface area contributed by atoms with Gasteiger partial charge in [-0.15, -0.1) is 0 Å². The molecule has 12 atom stereocenters. The van der Waals surface area contributed by atoms with Crippen LogP contribution in [0.3, 0.4) is 0 Å². The van der Waals surface area contributed by atoms with Gasteiger partial charge in [0.05, 0.1) is 23.3 Å². The average molecular weight is 1640 g/mol. The van der Waals surface area contributed by atoms with Crippen LogP contribution in [0.5, 0.6) is 0 Å². The second-order valence-corrected chi connectivity index (χ2v) is 34.7. The fraction of sp³-hybridized carbons (Fsp3) is 0.723. The van der Waals surface area contributed by atoms with Crippen molar-refractivity contribution in [3.63, 3.8) is 0 Å². The molecule has 0 unspecified atom stereocenters.